The van der Waals surface area contributed by atoms with Crippen molar-refractivity contribution in [1.82, 2.24) is 25.1 Å². The number of piperazine rings is 1. The summed E-state index contributed by atoms with van der Waals surface area (Å²) >= 11 is 0. The molecule has 0 saturated carbocycles. The highest BCUT2D eigenvalue weighted by atomic mass is 35.5. The van der Waals surface area contributed by atoms with Crippen molar-refractivity contribution in [2.75, 3.05) is 36.0 Å². The highest BCUT2D eigenvalue weighted by molar-refractivity contribution is 5.85. The fourth-order valence-corrected chi connectivity index (χ4v) is 3.69. The summed E-state index contributed by atoms with van der Waals surface area (Å²) in [6.07, 6.45) is 7.19. The molecule has 1 saturated heterocycles. The van der Waals surface area contributed by atoms with Gasteiger partial charge in [0.05, 0.1) is 5.69 Å². The Balaban J connectivity index is 0.00000231. The molecule has 0 spiro atoms. The third kappa shape index (κ3) is 4.46. The molecule has 1 fully saturated rings. The standard InChI is InChI=1S/C23H21N7.ClH/c1-2-5-19(6-3-1)21-17-20(18-7-11-24-12-8-18)22(28-27-21)29-13-15-30(16-14-29)23-25-9-4-10-26-23;/h1-12,17H,13-16H2;1H. The maximum atomic E-state index is 4.66. The maximum Gasteiger partial charge on any atom is 0.225 e. The fourth-order valence-electron chi connectivity index (χ4n) is 3.69. The van der Waals surface area contributed by atoms with Gasteiger partial charge in [0.25, 0.3) is 0 Å². The van der Waals surface area contributed by atoms with Crippen LogP contribution in [0.1, 0.15) is 0 Å². The van der Waals surface area contributed by atoms with Crippen LogP contribution in [0.3, 0.4) is 0 Å². The Hall–Kier alpha value is -3.58. The van der Waals surface area contributed by atoms with Crippen molar-refractivity contribution < 1.29 is 0 Å². The van der Waals surface area contributed by atoms with E-state index < -0.39 is 0 Å². The molecule has 0 aliphatic carbocycles. The monoisotopic (exact) mass is 431 g/mol. The molecule has 31 heavy (non-hydrogen) atoms. The number of halogens is 1. The van der Waals surface area contributed by atoms with Gasteiger partial charge in [-0.25, -0.2) is 9.97 Å². The number of benzene rings is 1. The van der Waals surface area contributed by atoms with Crippen molar-refractivity contribution in [3.8, 4) is 22.4 Å². The Kier molecular flexibility index (Phi) is 6.33. The zero-order valence-corrected chi connectivity index (χ0v) is 17.7. The van der Waals surface area contributed by atoms with Crippen LogP contribution in [0, 0.1) is 0 Å². The number of hydrogen-bond donors (Lipinski definition) is 0. The third-order valence-corrected chi connectivity index (χ3v) is 5.25. The van der Waals surface area contributed by atoms with Crippen LogP contribution in [-0.4, -0.2) is 51.3 Å². The van der Waals surface area contributed by atoms with Gasteiger partial charge in [-0.1, -0.05) is 30.3 Å². The minimum atomic E-state index is 0. The van der Waals surface area contributed by atoms with Crippen molar-refractivity contribution >= 4 is 24.2 Å². The van der Waals surface area contributed by atoms with Crippen LogP contribution in [0.2, 0.25) is 0 Å². The summed E-state index contributed by atoms with van der Waals surface area (Å²) in [6, 6.07) is 18.1. The summed E-state index contributed by atoms with van der Waals surface area (Å²) in [5, 5.41) is 9.20. The van der Waals surface area contributed by atoms with Gasteiger partial charge in [0.2, 0.25) is 5.95 Å². The second-order valence-corrected chi connectivity index (χ2v) is 7.09. The molecule has 1 aromatic carbocycles. The maximum absolute atomic E-state index is 4.66. The largest absolute Gasteiger partial charge is 0.351 e. The summed E-state index contributed by atoms with van der Waals surface area (Å²) in [5.74, 6) is 1.67. The lowest BCUT2D eigenvalue weighted by Crippen LogP contribution is -2.47. The Morgan fingerprint density at radius 2 is 1.32 bits per heavy atom. The van der Waals surface area contributed by atoms with Crippen molar-refractivity contribution in [3.63, 3.8) is 0 Å². The summed E-state index contributed by atoms with van der Waals surface area (Å²) in [5.41, 5.74) is 4.07. The van der Waals surface area contributed by atoms with E-state index in [9.17, 15) is 0 Å². The van der Waals surface area contributed by atoms with E-state index in [0.29, 0.717) is 0 Å². The van der Waals surface area contributed by atoms with Crippen LogP contribution in [-0.2, 0) is 0 Å². The first-order valence-corrected chi connectivity index (χ1v) is 9.99. The Labute approximate surface area is 187 Å². The van der Waals surface area contributed by atoms with Crippen molar-refractivity contribution in [3.05, 3.63) is 79.4 Å². The quantitative estimate of drug-likeness (QED) is 0.487. The Morgan fingerprint density at radius 1 is 0.645 bits per heavy atom. The van der Waals surface area contributed by atoms with Crippen molar-refractivity contribution in [2.45, 2.75) is 0 Å². The van der Waals surface area contributed by atoms with Gasteiger partial charge in [-0.3, -0.25) is 4.98 Å². The number of hydrogen-bond acceptors (Lipinski definition) is 7. The van der Waals surface area contributed by atoms with E-state index in [1.165, 1.54) is 0 Å². The minimum absolute atomic E-state index is 0. The van der Waals surface area contributed by atoms with E-state index in [4.69, 9.17) is 0 Å². The molecule has 0 N–H and O–H groups in total. The van der Waals surface area contributed by atoms with Gasteiger partial charge in [-0.2, -0.15) is 0 Å². The van der Waals surface area contributed by atoms with Gasteiger partial charge in [-0.15, -0.1) is 22.6 Å². The molecule has 4 heterocycles. The first-order valence-electron chi connectivity index (χ1n) is 9.99. The number of anilines is 2. The molecule has 8 heteroatoms. The lowest BCUT2D eigenvalue weighted by Gasteiger charge is -2.36. The van der Waals surface area contributed by atoms with Crippen LogP contribution in [0.4, 0.5) is 11.8 Å². The predicted molar refractivity (Wildman–Crippen MR) is 124 cm³/mol. The molecule has 0 atom stereocenters. The number of rotatable bonds is 4. The van der Waals surface area contributed by atoms with E-state index in [1.807, 2.05) is 48.8 Å². The zero-order chi connectivity index (χ0) is 20.2. The molecule has 156 valence electrons. The molecule has 7 nitrogen and oxygen atoms in total. The average Bonchev–Trinajstić information content (AvgIpc) is 2.85. The van der Waals surface area contributed by atoms with Gasteiger partial charge < -0.3 is 9.80 Å². The second kappa shape index (κ2) is 9.49. The summed E-state index contributed by atoms with van der Waals surface area (Å²) in [7, 11) is 0. The first kappa shape index (κ1) is 20.7. The number of nitrogens with zero attached hydrogens (tertiary/aromatic N) is 7. The Morgan fingerprint density at radius 3 is 2.03 bits per heavy atom. The molecule has 0 radical (unpaired) electrons. The fraction of sp³-hybridized carbons (Fsp3) is 0.174. The van der Waals surface area contributed by atoms with Crippen LogP contribution in [0.5, 0.6) is 0 Å². The van der Waals surface area contributed by atoms with E-state index in [-0.39, 0.29) is 12.4 Å². The van der Waals surface area contributed by atoms with Gasteiger partial charge in [0.15, 0.2) is 5.82 Å². The van der Waals surface area contributed by atoms with Gasteiger partial charge >= 0.3 is 0 Å². The smallest absolute Gasteiger partial charge is 0.225 e. The molecular formula is C23H22ClN7. The van der Waals surface area contributed by atoms with Gasteiger partial charge in [0, 0.05) is 62.1 Å². The predicted octanol–water partition coefficient (Wildman–Crippen LogP) is 3.74. The lowest BCUT2D eigenvalue weighted by atomic mass is 10.0. The van der Waals surface area contributed by atoms with E-state index in [0.717, 1.165) is 60.3 Å². The average molecular weight is 432 g/mol. The normalized spacial score (nSPS) is 13.5. The molecule has 0 bridgehead atoms. The third-order valence-electron chi connectivity index (χ3n) is 5.25. The van der Waals surface area contributed by atoms with E-state index >= 15 is 0 Å². The van der Waals surface area contributed by atoms with Crippen LogP contribution in [0.25, 0.3) is 22.4 Å². The lowest BCUT2D eigenvalue weighted by molar-refractivity contribution is 0.632. The van der Waals surface area contributed by atoms with Crippen molar-refractivity contribution in [2.24, 2.45) is 0 Å². The van der Waals surface area contributed by atoms with E-state index in [2.05, 4.69) is 53.1 Å². The highest BCUT2D eigenvalue weighted by Gasteiger charge is 2.23. The molecule has 3 aromatic heterocycles. The topological polar surface area (TPSA) is 70.9 Å². The second-order valence-electron chi connectivity index (χ2n) is 7.09. The van der Waals surface area contributed by atoms with Crippen LogP contribution >= 0.6 is 12.4 Å². The minimum Gasteiger partial charge on any atom is -0.351 e. The zero-order valence-electron chi connectivity index (χ0n) is 16.9. The Bertz CT molecular complexity index is 1100. The highest BCUT2D eigenvalue weighted by Crippen LogP contribution is 2.32. The SMILES string of the molecule is Cl.c1ccc(-c2cc(-c3ccncc3)c(N3CCN(c4ncccn4)CC3)nn2)cc1. The summed E-state index contributed by atoms with van der Waals surface area (Å²) in [6.45, 7) is 3.33. The van der Waals surface area contributed by atoms with Crippen molar-refractivity contribution in [1.29, 1.82) is 0 Å². The molecular weight excluding hydrogens is 410 g/mol. The van der Waals surface area contributed by atoms with Crippen LogP contribution < -0.4 is 9.80 Å². The number of aromatic nitrogens is 5. The molecule has 1 aliphatic rings. The van der Waals surface area contributed by atoms with Gasteiger partial charge in [-0.05, 0) is 29.8 Å². The summed E-state index contributed by atoms with van der Waals surface area (Å²) in [4.78, 5) is 17.4. The molecule has 4 aromatic rings. The molecule has 5 rings (SSSR count). The van der Waals surface area contributed by atoms with Gasteiger partial charge in [0.1, 0.15) is 0 Å². The molecule has 0 unspecified atom stereocenters. The van der Waals surface area contributed by atoms with Crippen LogP contribution in [0.15, 0.2) is 79.4 Å². The summed E-state index contributed by atoms with van der Waals surface area (Å²) < 4.78 is 0. The molecule has 1 aliphatic heterocycles. The van der Waals surface area contributed by atoms with E-state index in [1.54, 1.807) is 12.4 Å². The first-order chi connectivity index (χ1) is 14.9. The molecule has 0 amide bonds. The number of pyridine rings is 1.